The molecule has 98 valence electrons. The maximum atomic E-state index is 11.5. The number of carboxylic acid groups (broad SMARTS) is 1. The van der Waals surface area contributed by atoms with Gasteiger partial charge in [-0.2, -0.15) is 0 Å². The number of carbonyl (C=O) groups excluding carboxylic acids is 2. The minimum Gasteiger partial charge on any atom is -0.481 e. The molecule has 0 heterocycles. The van der Waals surface area contributed by atoms with Crippen LogP contribution in [0, 0.1) is 5.41 Å². The molecule has 0 aliphatic carbocycles. The Morgan fingerprint density at radius 2 is 1.88 bits per heavy atom. The molecule has 3 N–H and O–H groups in total. The molecule has 0 aromatic heterocycles. The third-order valence-electron chi connectivity index (χ3n) is 2.76. The lowest BCUT2D eigenvalue weighted by atomic mass is 9.87. The molecule has 0 radical (unpaired) electrons. The third-order valence-corrected chi connectivity index (χ3v) is 2.76. The van der Waals surface area contributed by atoms with Crippen LogP contribution in [0.15, 0.2) is 0 Å². The van der Waals surface area contributed by atoms with E-state index in [2.05, 4.69) is 10.6 Å². The largest absolute Gasteiger partial charge is 0.481 e. The van der Waals surface area contributed by atoms with Gasteiger partial charge in [-0.05, 0) is 20.3 Å². The summed E-state index contributed by atoms with van der Waals surface area (Å²) >= 11 is 0. The topological polar surface area (TPSA) is 95.5 Å². The van der Waals surface area contributed by atoms with E-state index in [1.54, 1.807) is 20.8 Å². The van der Waals surface area contributed by atoms with Gasteiger partial charge in [0, 0.05) is 13.5 Å². The first kappa shape index (κ1) is 15.4. The molecule has 0 aliphatic rings. The van der Waals surface area contributed by atoms with E-state index >= 15 is 0 Å². The van der Waals surface area contributed by atoms with Crippen LogP contribution in [0.3, 0.4) is 0 Å². The molecule has 0 bridgehead atoms. The van der Waals surface area contributed by atoms with Gasteiger partial charge in [-0.3, -0.25) is 14.4 Å². The fourth-order valence-electron chi connectivity index (χ4n) is 1.16. The van der Waals surface area contributed by atoms with Gasteiger partial charge in [0.25, 0.3) is 0 Å². The molecule has 17 heavy (non-hydrogen) atoms. The van der Waals surface area contributed by atoms with Crippen LogP contribution >= 0.6 is 0 Å². The second-order valence-corrected chi connectivity index (χ2v) is 4.36. The summed E-state index contributed by atoms with van der Waals surface area (Å²) in [4.78, 5) is 33.3. The lowest BCUT2D eigenvalue weighted by Gasteiger charge is -2.24. The van der Waals surface area contributed by atoms with Crippen LogP contribution in [0.4, 0.5) is 0 Å². The maximum absolute atomic E-state index is 11.5. The van der Waals surface area contributed by atoms with Crippen LogP contribution in [0.2, 0.25) is 0 Å². The van der Waals surface area contributed by atoms with Crippen LogP contribution in [-0.4, -0.2) is 35.5 Å². The average molecular weight is 244 g/mol. The van der Waals surface area contributed by atoms with Gasteiger partial charge in [0.15, 0.2) is 0 Å². The number of amides is 2. The average Bonchev–Trinajstić information content (AvgIpc) is 2.23. The molecular formula is C11H20N2O4. The highest BCUT2D eigenvalue weighted by atomic mass is 16.4. The SMILES string of the molecule is CCC(C)(CNC(=O)C(C)NC(C)=O)C(=O)O. The predicted octanol–water partition coefficient (Wildman–Crippen LogP) is 0.128. The van der Waals surface area contributed by atoms with Gasteiger partial charge in [0.05, 0.1) is 5.41 Å². The Balaban J connectivity index is 4.32. The van der Waals surface area contributed by atoms with E-state index in [0.717, 1.165) is 0 Å². The normalized spacial score (nSPS) is 15.5. The zero-order valence-electron chi connectivity index (χ0n) is 10.7. The number of carbonyl (C=O) groups is 3. The van der Waals surface area contributed by atoms with E-state index in [4.69, 9.17) is 5.11 Å². The van der Waals surface area contributed by atoms with Crippen LogP contribution in [0.5, 0.6) is 0 Å². The van der Waals surface area contributed by atoms with Crippen molar-refractivity contribution in [1.29, 1.82) is 0 Å². The second kappa shape index (κ2) is 6.22. The van der Waals surface area contributed by atoms with Gasteiger partial charge in [0.2, 0.25) is 11.8 Å². The second-order valence-electron chi connectivity index (χ2n) is 4.36. The van der Waals surface area contributed by atoms with Crippen molar-refractivity contribution < 1.29 is 19.5 Å². The van der Waals surface area contributed by atoms with E-state index in [-0.39, 0.29) is 18.4 Å². The van der Waals surface area contributed by atoms with Gasteiger partial charge >= 0.3 is 5.97 Å². The molecule has 0 aromatic carbocycles. The van der Waals surface area contributed by atoms with Crippen molar-refractivity contribution in [2.45, 2.75) is 40.2 Å². The fraction of sp³-hybridized carbons (Fsp3) is 0.727. The van der Waals surface area contributed by atoms with E-state index in [1.807, 2.05) is 0 Å². The molecule has 0 fully saturated rings. The maximum Gasteiger partial charge on any atom is 0.311 e. The molecule has 0 aromatic rings. The van der Waals surface area contributed by atoms with Crippen molar-refractivity contribution in [3.63, 3.8) is 0 Å². The first-order chi connectivity index (χ1) is 7.73. The molecule has 2 amide bonds. The Hall–Kier alpha value is -1.59. The molecule has 0 spiro atoms. The van der Waals surface area contributed by atoms with Gasteiger partial charge in [-0.15, -0.1) is 0 Å². The van der Waals surface area contributed by atoms with Gasteiger partial charge in [0.1, 0.15) is 6.04 Å². The number of hydrogen-bond donors (Lipinski definition) is 3. The predicted molar refractivity (Wildman–Crippen MR) is 62.3 cm³/mol. The monoisotopic (exact) mass is 244 g/mol. The molecule has 2 atom stereocenters. The lowest BCUT2D eigenvalue weighted by molar-refractivity contribution is -0.148. The summed E-state index contributed by atoms with van der Waals surface area (Å²) in [6.45, 7) is 6.22. The molecule has 6 heteroatoms. The van der Waals surface area contributed by atoms with E-state index in [9.17, 15) is 14.4 Å². The number of hydrogen-bond acceptors (Lipinski definition) is 3. The van der Waals surface area contributed by atoms with Crippen molar-refractivity contribution in [2.75, 3.05) is 6.54 Å². The van der Waals surface area contributed by atoms with Crippen LogP contribution in [0.1, 0.15) is 34.1 Å². The Bertz CT molecular complexity index is 317. The minimum absolute atomic E-state index is 0.0432. The van der Waals surface area contributed by atoms with Gasteiger partial charge < -0.3 is 15.7 Å². The number of carboxylic acids is 1. The summed E-state index contributed by atoms with van der Waals surface area (Å²) in [5.74, 6) is -1.64. The van der Waals surface area contributed by atoms with Crippen LogP contribution in [-0.2, 0) is 14.4 Å². The summed E-state index contributed by atoms with van der Waals surface area (Å²) in [6, 6.07) is -0.664. The van der Waals surface area contributed by atoms with E-state index in [1.165, 1.54) is 6.92 Å². The summed E-state index contributed by atoms with van der Waals surface area (Å²) in [7, 11) is 0. The van der Waals surface area contributed by atoms with Gasteiger partial charge in [-0.25, -0.2) is 0 Å². The Labute approximate surface area is 101 Å². The summed E-state index contributed by atoms with van der Waals surface area (Å²) in [5.41, 5.74) is -0.981. The molecule has 0 saturated carbocycles. The number of nitrogens with one attached hydrogen (secondary N) is 2. The van der Waals surface area contributed by atoms with Crippen LogP contribution < -0.4 is 10.6 Å². The fourth-order valence-corrected chi connectivity index (χ4v) is 1.16. The minimum atomic E-state index is -0.981. The number of aliphatic carboxylic acids is 1. The standard InChI is InChI=1S/C11H20N2O4/c1-5-11(4,10(16)17)6-12-9(15)7(2)13-8(3)14/h7H,5-6H2,1-4H3,(H,12,15)(H,13,14)(H,16,17). The highest BCUT2D eigenvalue weighted by Crippen LogP contribution is 2.19. The first-order valence-electron chi connectivity index (χ1n) is 5.51. The summed E-state index contributed by atoms with van der Waals surface area (Å²) < 4.78 is 0. The van der Waals surface area contributed by atoms with Crippen molar-refractivity contribution >= 4 is 17.8 Å². The highest BCUT2D eigenvalue weighted by Gasteiger charge is 2.31. The van der Waals surface area contributed by atoms with Crippen molar-refractivity contribution in [2.24, 2.45) is 5.41 Å². The molecule has 2 unspecified atom stereocenters. The Kier molecular flexibility index (Phi) is 5.64. The zero-order chi connectivity index (χ0) is 13.6. The van der Waals surface area contributed by atoms with Crippen molar-refractivity contribution in [1.82, 2.24) is 10.6 Å². The van der Waals surface area contributed by atoms with E-state index in [0.29, 0.717) is 6.42 Å². The quantitative estimate of drug-likeness (QED) is 0.618. The van der Waals surface area contributed by atoms with Crippen molar-refractivity contribution in [3.05, 3.63) is 0 Å². The first-order valence-corrected chi connectivity index (χ1v) is 5.51. The summed E-state index contributed by atoms with van der Waals surface area (Å²) in [5, 5.41) is 14.0. The molecule has 6 nitrogen and oxygen atoms in total. The van der Waals surface area contributed by atoms with Gasteiger partial charge in [-0.1, -0.05) is 6.92 Å². The van der Waals surface area contributed by atoms with Crippen molar-refractivity contribution in [3.8, 4) is 0 Å². The smallest absolute Gasteiger partial charge is 0.311 e. The van der Waals surface area contributed by atoms with E-state index < -0.39 is 17.4 Å². The highest BCUT2D eigenvalue weighted by molar-refractivity contribution is 5.87. The Morgan fingerprint density at radius 1 is 1.35 bits per heavy atom. The molecule has 0 saturated heterocycles. The lowest BCUT2D eigenvalue weighted by Crippen LogP contribution is -2.48. The molecular weight excluding hydrogens is 224 g/mol. The van der Waals surface area contributed by atoms with Crippen LogP contribution in [0.25, 0.3) is 0 Å². The summed E-state index contributed by atoms with van der Waals surface area (Å²) in [6.07, 6.45) is 0.414. The third kappa shape index (κ3) is 4.84. The zero-order valence-corrected chi connectivity index (χ0v) is 10.7. The molecule has 0 aliphatic heterocycles. The number of rotatable bonds is 6. The Morgan fingerprint density at radius 3 is 2.24 bits per heavy atom. The molecule has 0 rings (SSSR count).